The zero-order valence-electron chi connectivity index (χ0n) is 9.78. The molecule has 0 aliphatic carbocycles. The fraction of sp³-hybridized carbons (Fsp3) is 0.143. The molecular formula is C14H12ClFO2. The lowest BCUT2D eigenvalue weighted by Crippen LogP contribution is -1.97. The lowest BCUT2D eigenvalue weighted by Gasteiger charge is -2.10. The lowest BCUT2D eigenvalue weighted by atomic mass is 10.2. The van der Waals surface area contributed by atoms with Crippen LogP contribution in [-0.4, -0.2) is 5.11 Å². The highest BCUT2D eigenvalue weighted by molar-refractivity contribution is 6.30. The molecule has 2 aromatic carbocycles. The average molecular weight is 267 g/mol. The summed E-state index contributed by atoms with van der Waals surface area (Å²) in [7, 11) is 0. The fourth-order valence-corrected chi connectivity index (χ4v) is 1.67. The number of rotatable bonds is 3. The van der Waals surface area contributed by atoms with E-state index in [1.807, 2.05) is 0 Å². The van der Waals surface area contributed by atoms with E-state index in [2.05, 4.69) is 0 Å². The van der Waals surface area contributed by atoms with Gasteiger partial charge in [-0.15, -0.1) is 0 Å². The summed E-state index contributed by atoms with van der Waals surface area (Å²) in [6.45, 7) is 1.98. The van der Waals surface area contributed by atoms with Gasteiger partial charge in [-0.05, 0) is 36.8 Å². The minimum Gasteiger partial charge on any atom is -0.508 e. The van der Waals surface area contributed by atoms with Gasteiger partial charge in [-0.2, -0.15) is 0 Å². The summed E-state index contributed by atoms with van der Waals surface area (Å²) < 4.78 is 18.7. The standard InChI is InChI=1S/C14H12ClFO2/c1-9-13(17)3-2-4-14(9)18-8-10-5-6-11(15)12(16)7-10/h2-7,17H,8H2,1H3. The molecule has 0 aromatic heterocycles. The van der Waals surface area contributed by atoms with Gasteiger partial charge >= 0.3 is 0 Å². The van der Waals surface area contributed by atoms with E-state index in [4.69, 9.17) is 16.3 Å². The van der Waals surface area contributed by atoms with Crippen molar-refractivity contribution in [1.82, 2.24) is 0 Å². The molecule has 2 rings (SSSR count). The van der Waals surface area contributed by atoms with Gasteiger partial charge in [-0.1, -0.05) is 23.7 Å². The van der Waals surface area contributed by atoms with Crippen LogP contribution in [0, 0.1) is 12.7 Å². The van der Waals surface area contributed by atoms with Gasteiger partial charge in [0.25, 0.3) is 0 Å². The smallest absolute Gasteiger partial charge is 0.142 e. The van der Waals surface area contributed by atoms with Gasteiger partial charge in [-0.25, -0.2) is 4.39 Å². The van der Waals surface area contributed by atoms with Crippen LogP contribution in [0.4, 0.5) is 4.39 Å². The molecule has 0 saturated carbocycles. The zero-order valence-corrected chi connectivity index (χ0v) is 10.5. The summed E-state index contributed by atoms with van der Waals surface area (Å²) in [5.74, 6) is 0.283. The quantitative estimate of drug-likeness (QED) is 0.907. The van der Waals surface area contributed by atoms with E-state index in [9.17, 15) is 9.50 Å². The normalized spacial score (nSPS) is 10.4. The second kappa shape index (κ2) is 5.27. The van der Waals surface area contributed by atoms with Crippen LogP contribution in [0.25, 0.3) is 0 Å². The Morgan fingerprint density at radius 1 is 1.28 bits per heavy atom. The number of hydrogen-bond donors (Lipinski definition) is 1. The highest BCUT2D eigenvalue weighted by Crippen LogP contribution is 2.27. The highest BCUT2D eigenvalue weighted by Gasteiger charge is 2.05. The number of phenols is 1. The Morgan fingerprint density at radius 2 is 2.06 bits per heavy atom. The SMILES string of the molecule is Cc1c(O)cccc1OCc1ccc(Cl)c(F)c1. The van der Waals surface area contributed by atoms with Crippen LogP contribution in [0.3, 0.4) is 0 Å². The van der Waals surface area contributed by atoms with E-state index in [-0.39, 0.29) is 17.4 Å². The molecule has 94 valence electrons. The molecule has 0 spiro atoms. The molecule has 18 heavy (non-hydrogen) atoms. The van der Waals surface area contributed by atoms with Crippen molar-refractivity contribution in [2.75, 3.05) is 0 Å². The summed E-state index contributed by atoms with van der Waals surface area (Å²) in [4.78, 5) is 0. The monoisotopic (exact) mass is 266 g/mol. The van der Waals surface area contributed by atoms with Crippen molar-refractivity contribution < 1.29 is 14.2 Å². The maximum absolute atomic E-state index is 13.2. The van der Waals surface area contributed by atoms with Gasteiger partial charge in [0, 0.05) is 5.56 Å². The number of hydrogen-bond acceptors (Lipinski definition) is 2. The molecule has 0 radical (unpaired) electrons. The molecule has 0 unspecified atom stereocenters. The van der Waals surface area contributed by atoms with Gasteiger partial charge in [0.15, 0.2) is 0 Å². The molecule has 0 aliphatic heterocycles. The first kappa shape index (κ1) is 12.7. The summed E-state index contributed by atoms with van der Waals surface area (Å²) in [6.07, 6.45) is 0. The van der Waals surface area contributed by atoms with Crippen LogP contribution in [0.5, 0.6) is 11.5 Å². The predicted molar refractivity (Wildman–Crippen MR) is 68.6 cm³/mol. The Labute approximate surface area is 110 Å². The first-order chi connectivity index (χ1) is 8.58. The number of benzene rings is 2. The van der Waals surface area contributed by atoms with Crippen molar-refractivity contribution in [2.45, 2.75) is 13.5 Å². The molecule has 2 aromatic rings. The molecule has 0 heterocycles. The second-order valence-electron chi connectivity index (χ2n) is 3.94. The Hall–Kier alpha value is -1.74. The molecule has 1 N–H and O–H groups in total. The van der Waals surface area contributed by atoms with Crippen molar-refractivity contribution in [1.29, 1.82) is 0 Å². The van der Waals surface area contributed by atoms with Crippen molar-refractivity contribution in [3.63, 3.8) is 0 Å². The van der Waals surface area contributed by atoms with E-state index < -0.39 is 5.82 Å². The average Bonchev–Trinajstić information content (AvgIpc) is 2.35. The van der Waals surface area contributed by atoms with Crippen LogP contribution in [0.1, 0.15) is 11.1 Å². The van der Waals surface area contributed by atoms with Crippen LogP contribution < -0.4 is 4.74 Å². The zero-order chi connectivity index (χ0) is 13.1. The molecule has 0 aliphatic rings. The minimum atomic E-state index is -0.467. The Kier molecular flexibility index (Phi) is 3.72. The Balaban J connectivity index is 2.11. The molecule has 2 nitrogen and oxygen atoms in total. The van der Waals surface area contributed by atoms with Crippen LogP contribution in [0.15, 0.2) is 36.4 Å². The van der Waals surface area contributed by atoms with E-state index in [1.165, 1.54) is 12.1 Å². The molecular weight excluding hydrogens is 255 g/mol. The first-order valence-corrected chi connectivity index (χ1v) is 5.81. The maximum Gasteiger partial charge on any atom is 0.142 e. The molecule has 0 atom stereocenters. The predicted octanol–water partition coefficient (Wildman–Crippen LogP) is 4.07. The molecule has 0 fully saturated rings. The number of ether oxygens (including phenoxy) is 1. The summed E-state index contributed by atoms with van der Waals surface area (Å²) in [5, 5.41) is 9.61. The third-order valence-corrected chi connectivity index (χ3v) is 2.94. The van der Waals surface area contributed by atoms with Crippen molar-refractivity contribution >= 4 is 11.6 Å². The highest BCUT2D eigenvalue weighted by atomic mass is 35.5. The number of phenolic OH excluding ortho intramolecular Hbond substituents is 1. The van der Waals surface area contributed by atoms with Gasteiger partial charge in [0.1, 0.15) is 23.9 Å². The Morgan fingerprint density at radius 3 is 2.78 bits per heavy atom. The molecule has 0 bridgehead atoms. The third-order valence-electron chi connectivity index (χ3n) is 2.63. The maximum atomic E-state index is 13.2. The largest absolute Gasteiger partial charge is 0.508 e. The van der Waals surface area contributed by atoms with Crippen molar-refractivity contribution in [2.24, 2.45) is 0 Å². The van der Waals surface area contributed by atoms with Gasteiger partial charge in [0.2, 0.25) is 0 Å². The van der Waals surface area contributed by atoms with Crippen molar-refractivity contribution in [3.8, 4) is 11.5 Å². The van der Waals surface area contributed by atoms with Crippen LogP contribution in [0.2, 0.25) is 5.02 Å². The third kappa shape index (κ3) is 2.74. The number of aromatic hydroxyl groups is 1. The lowest BCUT2D eigenvalue weighted by molar-refractivity contribution is 0.301. The van der Waals surface area contributed by atoms with Gasteiger partial charge in [-0.3, -0.25) is 0 Å². The number of halogens is 2. The van der Waals surface area contributed by atoms with Crippen LogP contribution in [-0.2, 0) is 6.61 Å². The van der Waals surface area contributed by atoms with E-state index in [0.717, 1.165) is 0 Å². The van der Waals surface area contributed by atoms with Gasteiger partial charge in [0.05, 0.1) is 5.02 Å². The van der Waals surface area contributed by atoms with Gasteiger partial charge < -0.3 is 9.84 Å². The molecule has 0 saturated heterocycles. The second-order valence-corrected chi connectivity index (χ2v) is 4.34. The van der Waals surface area contributed by atoms with E-state index in [0.29, 0.717) is 16.9 Å². The Bertz CT molecular complexity index is 570. The van der Waals surface area contributed by atoms with Crippen molar-refractivity contribution in [3.05, 3.63) is 58.4 Å². The van der Waals surface area contributed by atoms with E-state index >= 15 is 0 Å². The fourth-order valence-electron chi connectivity index (χ4n) is 1.55. The molecule has 4 heteroatoms. The molecule has 0 amide bonds. The first-order valence-electron chi connectivity index (χ1n) is 5.43. The summed E-state index contributed by atoms with van der Waals surface area (Å²) in [6, 6.07) is 9.56. The van der Waals surface area contributed by atoms with Crippen LogP contribution >= 0.6 is 11.6 Å². The summed E-state index contributed by atoms with van der Waals surface area (Å²) in [5.41, 5.74) is 1.34. The topological polar surface area (TPSA) is 29.5 Å². The van der Waals surface area contributed by atoms with E-state index in [1.54, 1.807) is 31.2 Å². The summed E-state index contributed by atoms with van der Waals surface area (Å²) >= 11 is 5.59. The minimum absolute atomic E-state index is 0.0901.